The molecule has 0 saturated heterocycles. The number of halogens is 1. The van der Waals surface area contributed by atoms with Gasteiger partial charge in [-0.2, -0.15) is 0 Å². The van der Waals surface area contributed by atoms with Crippen LogP contribution < -0.4 is 0 Å². The molecule has 29 valence electrons. The van der Waals surface area contributed by atoms with Crippen molar-refractivity contribution in [1.82, 2.24) is 0 Å². The molecule has 0 aromatic heterocycles. The van der Waals surface area contributed by atoms with Gasteiger partial charge in [-0.3, -0.25) is 0 Å². The Bertz CT molecular complexity index is 11.6. The third-order valence-corrected chi connectivity index (χ3v) is 0.0772. The number of hydrogen-bond donors (Lipinski definition) is 0. The van der Waals surface area contributed by atoms with E-state index in [1.165, 1.54) is 0 Å². The van der Waals surface area contributed by atoms with Gasteiger partial charge in [0, 0.05) is 32.7 Å². The van der Waals surface area contributed by atoms with E-state index in [1.54, 1.807) is 0 Å². The summed E-state index contributed by atoms with van der Waals surface area (Å²) in [6.07, 6.45) is 0. The molecule has 0 spiro atoms. The number of alkyl halides is 1. The first kappa shape index (κ1) is 9.37. The zero-order valence-corrected chi connectivity index (χ0v) is 5.62. The molecule has 0 saturated carbocycles. The number of ether oxygens (including phenoxy) is 1. The number of rotatable bonds is 1. The van der Waals surface area contributed by atoms with Gasteiger partial charge in [0.15, 0.2) is 6.86 Å². The minimum atomic E-state index is -0.792. The van der Waals surface area contributed by atoms with Gasteiger partial charge >= 0.3 is 0 Å². The first-order chi connectivity index (χ1) is 1.91. The summed E-state index contributed by atoms with van der Waals surface area (Å²) in [6, 6.07) is 0. The molecule has 0 atom stereocenters. The van der Waals surface area contributed by atoms with Crippen LogP contribution in [-0.2, 0) is 37.4 Å². The molecule has 0 heterocycles. The zero-order valence-electron chi connectivity index (χ0n) is 2.78. The van der Waals surface area contributed by atoms with Crippen LogP contribution in [-0.4, -0.2) is 6.86 Å². The van der Waals surface area contributed by atoms with Crippen LogP contribution in [0, 0.1) is 7.11 Å². The summed E-state index contributed by atoms with van der Waals surface area (Å²) in [5.41, 5.74) is 0. The van der Waals surface area contributed by atoms with Crippen molar-refractivity contribution in [2.75, 3.05) is 6.86 Å². The summed E-state index contributed by atoms with van der Waals surface area (Å²) < 4.78 is 14.1. The van der Waals surface area contributed by atoms with Crippen molar-refractivity contribution in [2.24, 2.45) is 0 Å². The molecular weight excluding hydrogens is 148 g/mol. The molecule has 3 heteroatoms. The summed E-state index contributed by atoms with van der Waals surface area (Å²) in [5.74, 6) is 0. The minimum Gasteiger partial charge on any atom is -0.531 e. The summed E-state index contributed by atoms with van der Waals surface area (Å²) in [7, 11) is 2.73. The summed E-state index contributed by atoms with van der Waals surface area (Å²) >= 11 is 0. The van der Waals surface area contributed by atoms with Crippen molar-refractivity contribution in [3.63, 3.8) is 0 Å². The van der Waals surface area contributed by atoms with Crippen molar-refractivity contribution in [3.8, 4) is 0 Å². The first-order valence-electron chi connectivity index (χ1n) is 0.845. The van der Waals surface area contributed by atoms with E-state index in [0.29, 0.717) is 0 Å². The van der Waals surface area contributed by atoms with E-state index in [-0.39, 0.29) is 32.7 Å². The fraction of sp³-hybridized carbons (Fsp3) is 0.500. The Labute approximate surface area is 55.8 Å². The van der Waals surface area contributed by atoms with Gasteiger partial charge in [-0.1, -0.05) is 0 Å². The standard InChI is InChI=1S/C2H4FO.Y/c1-4-2-3;/h1-2H2;/q-1;. The molecule has 0 fully saturated rings. The molecule has 0 unspecified atom stereocenters. The van der Waals surface area contributed by atoms with Crippen LogP contribution in [0.4, 0.5) is 4.39 Å². The Morgan fingerprint density at radius 3 is 2.00 bits per heavy atom. The van der Waals surface area contributed by atoms with Crippen LogP contribution in [0.25, 0.3) is 0 Å². The van der Waals surface area contributed by atoms with Crippen molar-refractivity contribution in [1.29, 1.82) is 0 Å². The molecule has 0 bridgehead atoms. The van der Waals surface area contributed by atoms with Gasteiger partial charge < -0.3 is 4.74 Å². The maximum absolute atomic E-state index is 10.4. The molecule has 0 N–H and O–H groups in total. The molecule has 1 radical (unpaired) electrons. The second-order valence-electron chi connectivity index (χ2n) is 0.313. The second kappa shape index (κ2) is 8.89. The van der Waals surface area contributed by atoms with E-state index in [4.69, 9.17) is 0 Å². The molecule has 0 amide bonds. The van der Waals surface area contributed by atoms with Crippen molar-refractivity contribution >= 4 is 0 Å². The third-order valence-electron chi connectivity index (χ3n) is 0.0772. The van der Waals surface area contributed by atoms with Crippen LogP contribution in [0.15, 0.2) is 0 Å². The minimum absolute atomic E-state index is 0. The SMILES string of the molecule is [CH2-]OCF.[Y]. The Kier molecular flexibility index (Phi) is 16.7. The molecule has 0 aliphatic heterocycles. The third kappa shape index (κ3) is 11.3. The number of hydrogen-bond acceptors (Lipinski definition) is 1. The maximum Gasteiger partial charge on any atom is 0.159 e. The fourth-order valence-electron chi connectivity index (χ4n) is 0. The zero-order chi connectivity index (χ0) is 3.41. The van der Waals surface area contributed by atoms with Gasteiger partial charge in [-0.25, -0.2) is 11.5 Å². The van der Waals surface area contributed by atoms with E-state index >= 15 is 0 Å². The maximum atomic E-state index is 10.4. The Balaban J connectivity index is 0. The summed E-state index contributed by atoms with van der Waals surface area (Å²) in [6.45, 7) is -0.792. The summed E-state index contributed by atoms with van der Waals surface area (Å²) in [4.78, 5) is 0. The first-order valence-corrected chi connectivity index (χ1v) is 0.845. The van der Waals surface area contributed by atoms with Gasteiger partial charge in [0.1, 0.15) is 0 Å². The van der Waals surface area contributed by atoms with E-state index in [9.17, 15) is 4.39 Å². The van der Waals surface area contributed by atoms with Crippen molar-refractivity contribution < 1.29 is 41.8 Å². The predicted molar refractivity (Wildman–Crippen MR) is 12.4 cm³/mol. The molecule has 0 aliphatic carbocycles. The van der Waals surface area contributed by atoms with Gasteiger partial charge in [0.05, 0.1) is 0 Å². The van der Waals surface area contributed by atoms with Crippen LogP contribution >= 0.6 is 0 Å². The van der Waals surface area contributed by atoms with E-state index in [0.717, 1.165) is 0 Å². The quantitative estimate of drug-likeness (QED) is 0.503. The Hall–Kier alpha value is 0.994. The molecule has 0 rings (SSSR count). The second-order valence-corrected chi connectivity index (χ2v) is 0.313. The largest absolute Gasteiger partial charge is 0.531 e. The normalized spacial score (nSPS) is 6.00. The molecule has 1 nitrogen and oxygen atoms in total. The average Bonchev–Trinajstić information content (AvgIpc) is 1.37. The van der Waals surface area contributed by atoms with E-state index in [2.05, 4.69) is 11.8 Å². The molecule has 0 aromatic rings. The topological polar surface area (TPSA) is 9.23 Å². The Morgan fingerprint density at radius 2 is 2.00 bits per heavy atom. The molecule has 0 aromatic carbocycles. The van der Waals surface area contributed by atoms with E-state index in [1.807, 2.05) is 0 Å². The smallest absolute Gasteiger partial charge is 0.159 e. The van der Waals surface area contributed by atoms with Crippen LogP contribution in [0.5, 0.6) is 0 Å². The van der Waals surface area contributed by atoms with E-state index < -0.39 is 6.86 Å². The van der Waals surface area contributed by atoms with Gasteiger partial charge in [0.2, 0.25) is 0 Å². The average molecular weight is 152 g/mol. The monoisotopic (exact) mass is 152 g/mol. The van der Waals surface area contributed by atoms with Crippen LogP contribution in [0.2, 0.25) is 0 Å². The van der Waals surface area contributed by atoms with Crippen LogP contribution in [0.1, 0.15) is 0 Å². The summed E-state index contributed by atoms with van der Waals surface area (Å²) in [5, 5.41) is 0. The van der Waals surface area contributed by atoms with Crippen molar-refractivity contribution in [2.45, 2.75) is 0 Å². The molecule has 0 aliphatic rings. The van der Waals surface area contributed by atoms with Crippen LogP contribution in [0.3, 0.4) is 0 Å². The molecular formula is C2H4FOY-. The van der Waals surface area contributed by atoms with Gasteiger partial charge in [-0.05, 0) is 0 Å². The fourth-order valence-corrected chi connectivity index (χ4v) is 0. The van der Waals surface area contributed by atoms with Gasteiger partial charge in [-0.15, -0.1) is 0 Å². The van der Waals surface area contributed by atoms with Gasteiger partial charge in [0.25, 0.3) is 0 Å². The molecule has 5 heavy (non-hydrogen) atoms. The van der Waals surface area contributed by atoms with Crippen molar-refractivity contribution in [3.05, 3.63) is 7.11 Å². The Morgan fingerprint density at radius 1 is 1.80 bits per heavy atom. The predicted octanol–water partition coefficient (Wildman–Crippen LogP) is 0.719.